The zero-order valence-corrected chi connectivity index (χ0v) is 13.9. The van der Waals surface area contributed by atoms with E-state index in [1.165, 1.54) is 0 Å². The average Bonchev–Trinajstić information content (AvgIpc) is 3.30. The third kappa shape index (κ3) is 2.27. The number of rotatable bonds is 2. The molecular weight excluding hydrogens is 316 g/mol. The summed E-state index contributed by atoms with van der Waals surface area (Å²) in [6.45, 7) is 4.37. The fourth-order valence-electron chi connectivity index (χ4n) is 3.48. The number of benzene rings is 1. The zero-order chi connectivity index (χ0) is 16.8. The van der Waals surface area contributed by atoms with Crippen molar-refractivity contribution in [3.63, 3.8) is 0 Å². The number of aromatic nitrogens is 5. The highest BCUT2D eigenvalue weighted by Crippen LogP contribution is 2.31. The average molecular weight is 334 g/mol. The molecule has 2 N–H and O–H groups in total. The molecule has 1 atom stereocenters. The minimum absolute atomic E-state index is 0.262. The molecule has 1 fully saturated rings. The number of hydrogen-bond donors (Lipinski definition) is 2. The van der Waals surface area contributed by atoms with E-state index in [0.717, 1.165) is 39.9 Å². The fourth-order valence-corrected chi connectivity index (χ4v) is 3.48. The van der Waals surface area contributed by atoms with Crippen molar-refractivity contribution in [1.29, 1.82) is 0 Å². The van der Waals surface area contributed by atoms with Crippen LogP contribution in [0.2, 0.25) is 0 Å². The van der Waals surface area contributed by atoms with Gasteiger partial charge in [-0.25, -0.2) is 9.97 Å². The predicted molar refractivity (Wildman–Crippen MR) is 96.6 cm³/mol. The summed E-state index contributed by atoms with van der Waals surface area (Å²) in [5.41, 5.74) is 2.84. The number of hydrogen-bond acceptors (Lipinski definition) is 5. The highest BCUT2D eigenvalue weighted by molar-refractivity contribution is 5.95. The minimum Gasteiger partial charge on any atom is -0.377 e. The first-order chi connectivity index (χ1) is 12.3. The van der Waals surface area contributed by atoms with Crippen LogP contribution in [0, 0.1) is 0 Å². The number of anilines is 1. The van der Waals surface area contributed by atoms with Gasteiger partial charge in [-0.15, -0.1) is 0 Å². The second-order valence-corrected chi connectivity index (χ2v) is 6.36. The number of fused-ring (bicyclic) bond motifs is 2. The van der Waals surface area contributed by atoms with Crippen LogP contribution in [0.5, 0.6) is 0 Å². The maximum Gasteiger partial charge on any atom is 0.164 e. The lowest BCUT2D eigenvalue weighted by Crippen LogP contribution is -2.44. The number of nitrogens with zero attached hydrogens (tertiary/aromatic N) is 4. The van der Waals surface area contributed by atoms with Crippen LogP contribution in [0.1, 0.15) is 6.92 Å². The zero-order valence-electron chi connectivity index (χ0n) is 13.9. The van der Waals surface area contributed by atoms with Gasteiger partial charge < -0.3 is 14.6 Å². The minimum atomic E-state index is 0.262. The Hall–Kier alpha value is -2.93. The number of H-pyrrole nitrogens is 2. The Balaban J connectivity index is 1.73. The molecule has 7 nitrogen and oxygen atoms in total. The lowest BCUT2D eigenvalue weighted by Gasteiger charge is -2.34. The first kappa shape index (κ1) is 14.4. The summed E-state index contributed by atoms with van der Waals surface area (Å²) in [6.07, 6.45) is 3.74. The summed E-state index contributed by atoms with van der Waals surface area (Å²) in [4.78, 5) is 15.2. The Morgan fingerprint density at radius 3 is 3.08 bits per heavy atom. The molecule has 0 amide bonds. The molecular formula is C18H18N6O. The Labute approximate surface area is 144 Å². The quantitative estimate of drug-likeness (QED) is 0.589. The van der Waals surface area contributed by atoms with Crippen LogP contribution in [0.3, 0.4) is 0 Å². The van der Waals surface area contributed by atoms with Gasteiger partial charge in [-0.05, 0) is 19.1 Å². The molecule has 7 heteroatoms. The van der Waals surface area contributed by atoms with Crippen molar-refractivity contribution in [1.82, 2.24) is 25.1 Å². The van der Waals surface area contributed by atoms with E-state index in [2.05, 4.69) is 45.2 Å². The van der Waals surface area contributed by atoms with Gasteiger partial charge in [0.25, 0.3) is 0 Å². The van der Waals surface area contributed by atoms with Gasteiger partial charge >= 0.3 is 0 Å². The SMILES string of the molecule is C[C@@H]1COCCN1c1nc(-c2cccc3[nH]ccc23)nc2[nH]ncc12. The largest absolute Gasteiger partial charge is 0.377 e. The number of morpholine rings is 1. The van der Waals surface area contributed by atoms with Crippen LogP contribution >= 0.6 is 0 Å². The van der Waals surface area contributed by atoms with E-state index in [4.69, 9.17) is 14.7 Å². The van der Waals surface area contributed by atoms with E-state index in [1.807, 2.05) is 12.3 Å². The smallest absolute Gasteiger partial charge is 0.164 e. The fraction of sp³-hybridized carbons (Fsp3) is 0.278. The summed E-state index contributed by atoms with van der Waals surface area (Å²) in [5.74, 6) is 1.62. The van der Waals surface area contributed by atoms with Crippen molar-refractivity contribution in [3.05, 3.63) is 36.7 Å². The molecule has 0 aliphatic carbocycles. The van der Waals surface area contributed by atoms with Crippen LogP contribution in [0.25, 0.3) is 33.3 Å². The molecule has 1 aliphatic rings. The van der Waals surface area contributed by atoms with E-state index in [1.54, 1.807) is 6.20 Å². The van der Waals surface area contributed by atoms with Gasteiger partial charge in [0.1, 0.15) is 5.82 Å². The van der Waals surface area contributed by atoms with Crippen molar-refractivity contribution >= 4 is 27.8 Å². The van der Waals surface area contributed by atoms with Crippen molar-refractivity contribution in [3.8, 4) is 11.4 Å². The topological polar surface area (TPSA) is 82.7 Å². The van der Waals surface area contributed by atoms with Gasteiger partial charge in [-0.2, -0.15) is 5.10 Å². The van der Waals surface area contributed by atoms with Gasteiger partial charge in [0, 0.05) is 29.2 Å². The van der Waals surface area contributed by atoms with Crippen molar-refractivity contribution < 1.29 is 4.74 Å². The van der Waals surface area contributed by atoms with Gasteiger partial charge in [-0.3, -0.25) is 5.10 Å². The van der Waals surface area contributed by atoms with Crippen molar-refractivity contribution in [2.45, 2.75) is 13.0 Å². The van der Waals surface area contributed by atoms with Crippen molar-refractivity contribution in [2.75, 3.05) is 24.7 Å². The lowest BCUT2D eigenvalue weighted by atomic mass is 10.1. The molecule has 5 rings (SSSR count). The third-order valence-electron chi connectivity index (χ3n) is 4.77. The number of aromatic amines is 2. The lowest BCUT2D eigenvalue weighted by molar-refractivity contribution is 0.0987. The molecule has 1 aliphatic heterocycles. The van der Waals surface area contributed by atoms with Gasteiger partial charge in [0.15, 0.2) is 11.5 Å². The summed E-state index contributed by atoms with van der Waals surface area (Å²) >= 11 is 0. The monoisotopic (exact) mass is 334 g/mol. The standard InChI is InChI=1S/C18H18N6O/c1-11-10-25-8-7-24(11)18-14-9-20-23-17(14)21-16(22-18)13-3-2-4-15-12(13)5-6-19-15/h2-6,9,11,19H,7-8,10H2,1H3,(H,20,21,22,23)/t11-/m1/s1. The molecule has 1 saturated heterocycles. The summed E-state index contributed by atoms with van der Waals surface area (Å²) < 4.78 is 5.58. The molecule has 1 aromatic carbocycles. The first-order valence-electron chi connectivity index (χ1n) is 8.43. The second kappa shape index (κ2) is 5.56. The molecule has 4 heterocycles. The van der Waals surface area contributed by atoms with Crippen molar-refractivity contribution in [2.24, 2.45) is 0 Å². The van der Waals surface area contributed by atoms with Crippen LogP contribution < -0.4 is 4.90 Å². The van der Waals surface area contributed by atoms with E-state index >= 15 is 0 Å². The Bertz CT molecular complexity index is 1050. The molecule has 3 aromatic heterocycles. The maximum atomic E-state index is 5.58. The summed E-state index contributed by atoms with van der Waals surface area (Å²) in [5, 5.41) is 9.23. The Kier molecular flexibility index (Phi) is 3.21. The molecule has 0 radical (unpaired) electrons. The van der Waals surface area contributed by atoms with E-state index in [9.17, 15) is 0 Å². The second-order valence-electron chi connectivity index (χ2n) is 6.36. The van der Waals surface area contributed by atoms with Crippen LogP contribution in [0.15, 0.2) is 36.7 Å². The maximum absolute atomic E-state index is 5.58. The first-order valence-corrected chi connectivity index (χ1v) is 8.43. The highest BCUT2D eigenvalue weighted by Gasteiger charge is 2.24. The summed E-state index contributed by atoms with van der Waals surface area (Å²) in [6, 6.07) is 8.45. The van der Waals surface area contributed by atoms with Gasteiger partial charge in [0.2, 0.25) is 0 Å². The van der Waals surface area contributed by atoms with Crippen LogP contribution in [-0.2, 0) is 4.74 Å². The molecule has 0 bridgehead atoms. The third-order valence-corrected chi connectivity index (χ3v) is 4.77. The molecule has 0 saturated carbocycles. The molecule has 25 heavy (non-hydrogen) atoms. The Morgan fingerprint density at radius 2 is 2.16 bits per heavy atom. The normalized spacial score (nSPS) is 18.3. The van der Waals surface area contributed by atoms with Crippen LogP contribution in [-0.4, -0.2) is 50.9 Å². The predicted octanol–water partition coefficient (Wildman–Crippen LogP) is 2.73. The molecule has 0 unspecified atom stereocenters. The highest BCUT2D eigenvalue weighted by atomic mass is 16.5. The van der Waals surface area contributed by atoms with E-state index in [0.29, 0.717) is 19.0 Å². The van der Waals surface area contributed by atoms with Gasteiger partial charge in [-0.1, -0.05) is 12.1 Å². The number of nitrogens with one attached hydrogen (secondary N) is 2. The van der Waals surface area contributed by atoms with E-state index < -0.39 is 0 Å². The molecule has 4 aromatic rings. The molecule has 0 spiro atoms. The van der Waals surface area contributed by atoms with Gasteiger partial charge in [0.05, 0.1) is 30.8 Å². The van der Waals surface area contributed by atoms with Crippen LogP contribution in [0.4, 0.5) is 5.82 Å². The summed E-state index contributed by atoms with van der Waals surface area (Å²) in [7, 11) is 0. The number of ether oxygens (including phenoxy) is 1. The molecule has 126 valence electrons. The van der Waals surface area contributed by atoms with E-state index in [-0.39, 0.29) is 6.04 Å². The Morgan fingerprint density at radius 1 is 1.20 bits per heavy atom.